The first-order valence-electron chi connectivity index (χ1n) is 6.70. The van der Waals surface area contributed by atoms with Crippen molar-refractivity contribution in [1.82, 2.24) is 14.8 Å². The Morgan fingerprint density at radius 1 is 1.33 bits per heavy atom. The number of rotatable bonds is 5. The summed E-state index contributed by atoms with van der Waals surface area (Å²) < 4.78 is 6.62. The smallest absolute Gasteiger partial charge is 0.328 e. The van der Waals surface area contributed by atoms with Crippen LogP contribution < -0.4 is 0 Å². The second-order valence-electron chi connectivity index (χ2n) is 5.35. The van der Waals surface area contributed by atoms with Crippen molar-refractivity contribution in [3.8, 4) is 0 Å². The maximum atomic E-state index is 11.8. The van der Waals surface area contributed by atoms with Gasteiger partial charge in [0, 0.05) is 0 Å². The lowest BCUT2D eigenvalue weighted by Crippen LogP contribution is -2.19. The second kappa shape index (κ2) is 6.05. The molecule has 6 nitrogen and oxygen atoms in total. The zero-order chi connectivity index (χ0) is 15.5. The van der Waals surface area contributed by atoms with Gasteiger partial charge >= 0.3 is 5.97 Å². The lowest BCUT2D eigenvalue weighted by atomic mass is 10.1. The van der Waals surface area contributed by atoms with Gasteiger partial charge in [0.05, 0.1) is 0 Å². The fourth-order valence-corrected chi connectivity index (χ4v) is 1.73. The first-order valence-corrected chi connectivity index (χ1v) is 6.70. The number of carbonyl (C=O) groups is 1. The minimum atomic E-state index is -1.13. The normalized spacial score (nSPS) is 11.4. The van der Waals surface area contributed by atoms with Crippen LogP contribution in [0.5, 0.6) is 0 Å². The molecule has 2 rings (SSSR count). The number of aromatic nitrogens is 3. The average molecular weight is 289 g/mol. The Morgan fingerprint density at radius 2 is 2.00 bits per heavy atom. The lowest BCUT2D eigenvalue weighted by molar-refractivity contribution is -0.146. The molecule has 0 atom stereocenters. The number of esters is 1. The van der Waals surface area contributed by atoms with Crippen LogP contribution in [0.4, 0.5) is 0 Å². The molecule has 0 aliphatic carbocycles. The third kappa shape index (κ3) is 4.13. The van der Waals surface area contributed by atoms with Gasteiger partial charge in [0.15, 0.2) is 5.82 Å². The molecular formula is C15H19N3O3. The number of aryl methyl sites for hydroxylation is 1. The van der Waals surface area contributed by atoms with Crippen LogP contribution in [0.1, 0.15) is 31.1 Å². The van der Waals surface area contributed by atoms with E-state index in [-0.39, 0.29) is 19.0 Å². The van der Waals surface area contributed by atoms with Crippen LogP contribution in [0.2, 0.25) is 0 Å². The van der Waals surface area contributed by atoms with Crippen molar-refractivity contribution in [3.63, 3.8) is 0 Å². The van der Waals surface area contributed by atoms with Crippen LogP contribution in [0.25, 0.3) is 0 Å². The number of carbonyl (C=O) groups excluding carboxylic acids is 1. The Bertz CT molecular complexity index is 615. The molecule has 0 amide bonds. The van der Waals surface area contributed by atoms with Crippen molar-refractivity contribution in [3.05, 3.63) is 47.5 Å². The number of aliphatic hydroxyl groups is 1. The fourth-order valence-electron chi connectivity index (χ4n) is 1.73. The lowest BCUT2D eigenvalue weighted by Gasteiger charge is -2.11. The summed E-state index contributed by atoms with van der Waals surface area (Å²) in [4.78, 5) is 16.0. The van der Waals surface area contributed by atoms with Crippen molar-refractivity contribution >= 4 is 5.97 Å². The van der Waals surface area contributed by atoms with Crippen LogP contribution in [-0.4, -0.2) is 25.8 Å². The summed E-state index contributed by atoms with van der Waals surface area (Å²) in [6, 6.07) is 9.46. The number of ether oxygens (including phenoxy) is 1. The van der Waals surface area contributed by atoms with Gasteiger partial charge in [-0.2, -0.15) is 5.10 Å². The Balaban J connectivity index is 1.95. The molecule has 2 aromatic rings. The molecule has 0 saturated heterocycles. The van der Waals surface area contributed by atoms with E-state index in [1.54, 1.807) is 20.8 Å². The summed E-state index contributed by atoms with van der Waals surface area (Å²) in [5.74, 6) is 0.453. The van der Waals surface area contributed by atoms with Crippen LogP contribution in [0.15, 0.2) is 30.3 Å². The van der Waals surface area contributed by atoms with E-state index in [0.717, 1.165) is 5.56 Å². The summed E-state index contributed by atoms with van der Waals surface area (Å²) in [5.41, 5.74) is -0.206. The van der Waals surface area contributed by atoms with Crippen LogP contribution in [0.3, 0.4) is 0 Å². The third-order valence-electron chi connectivity index (χ3n) is 2.93. The van der Waals surface area contributed by atoms with Gasteiger partial charge in [-0.3, -0.25) is 4.79 Å². The molecule has 1 heterocycles. The minimum Gasteiger partial charge on any atom is -0.459 e. The van der Waals surface area contributed by atoms with Crippen LogP contribution in [-0.2, 0) is 28.3 Å². The highest BCUT2D eigenvalue weighted by Gasteiger charge is 2.23. The van der Waals surface area contributed by atoms with Gasteiger partial charge in [-0.05, 0) is 26.3 Å². The van der Waals surface area contributed by atoms with Gasteiger partial charge in [0.25, 0.3) is 0 Å². The summed E-state index contributed by atoms with van der Waals surface area (Å²) in [6.07, 6.45) is 0. The molecule has 0 bridgehead atoms. The Morgan fingerprint density at radius 3 is 2.57 bits per heavy atom. The van der Waals surface area contributed by atoms with Crippen LogP contribution in [0, 0.1) is 6.92 Å². The molecule has 1 aromatic heterocycles. The number of hydrogen-bond donors (Lipinski definition) is 1. The molecule has 112 valence electrons. The van der Waals surface area contributed by atoms with E-state index < -0.39 is 11.6 Å². The molecule has 21 heavy (non-hydrogen) atoms. The Labute approximate surface area is 123 Å². The molecule has 0 spiro atoms. The third-order valence-corrected chi connectivity index (χ3v) is 2.93. The molecular weight excluding hydrogens is 270 g/mol. The molecule has 0 aliphatic rings. The van der Waals surface area contributed by atoms with Crippen molar-refractivity contribution in [2.45, 2.75) is 39.5 Å². The largest absolute Gasteiger partial charge is 0.459 e. The van der Waals surface area contributed by atoms with E-state index in [9.17, 15) is 9.90 Å². The maximum Gasteiger partial charge on any atom is 0.328 e. The van der Waals surface area contributed by atoms with Gasteiger partial charge in [0.1, 0.15) is 24.6 Å². The quantitative estimate of drug-likeness (QED) is 0.845. The van der Waals surface area contributed by atoms with Gasteiger partial charge in [-0.25, -0.2) is 9.67 Å². The van der Waals surface area contributed by atoms with E-state index in [4.69, 9.17) is 4.74 Å². The van der Waals surface area contributed by atoms with E-state index >= 15 is 0 Å². The van der Waals surface area contributed by atoms with Gasteiger partial charge in [-0.15, -0.1) is 0 Å². The first-order chi connectivity index (χ1) is 9.86. The topological polar surface area (TPSA) is 77.2 Å². The molecule has 0 saturated carbocycles. The van der Waals surface area contributed by atoms with Crippen molar-refractivity contribution in [2.24, 2.45) is 0 Å². The molecule has 0 unspecified atom stereocenters. The molecule has 6 heteroatoms. The van der Waals surface area contributed by atoms with Crippen molar-refractivity contribution < 1.29 is 14.6 Å². The van der Waals surface area contributed by atoms with Gasteiger partial charge < -0.3 is 9.84 Å². The number of hydrogen-bond acceptors (Lipinski definition) is 5. The van der Waals surface area contributed by atoms with Gasteiger partial charge in [0.2, 0.25) is 0 Å². The molecule has 0 aliphatic heterocycles. The van der Waals surface area contributed by atoms with E-state index in [2.05, 4.69) is 10.1 Å². The highest BCUT2D eigenvalue weighted by molar-refractivity contribution is 5.69. The summed E-state index contributed by atoms with van der Waals surface area (Å²) in [5, 5.41) is 14.0. The zero-order valence-electron chi connectivity index (χ0n) is 12.4. The predicted molar refractivity (Wildman–Crippen MR) is 76.2 cm³/mol. The molecule has 1 aromatic carbocycles. The van der Waals surface area contributed by atoms with Gasteiger partial charge in [-0.1, -0.05) is 30.3 Å². The zero-order valence-corrected chi connectivity index (χ0v) is 12.4. The Kier molecular flexibility index (Phi) is 4.37. The monoisotopic (exact) mass is 289 g/mol. The standard InChI is InChI=1S/C15H19N3O3/c1-11-16-14(15(2,3)20)17-18(11)9-13(19)21-10-12-7-5-4-6-8-12/h4-8,20H,9-10H2,1-3H3. The fraction of sp³-hybridized carbons (Fsp3) is 0.400. The maximum absolute atomic E-state index is 11.8. The molecule has 0 fully saturated rings. The van der Waals surface area contributed by atoms with E-state index in [0.29, 0.717) is 5.82 Å². The summed E-state index contributed by atoms with van der Waals surface area (Å²) in [7, 11) is 0. The highest BCUT2D eigenvalue weighted by Crippen LogP contribution is 2.15. The highest BCUT2D eigenvalue weighted by atomic mass is 16.5. The number of nitrogens with zero attached hydrogens (tertiary/aromatic N) is 3. The van der Waals surface area contributed by atoms with Crippen LogP contribution >= 0.6 is 0 Å². The molecule has 1 N–H and O–H groups in total. The number of benzene rings is 1. The summed E-state index contributed by atoms with van der Waals surface area (Å²) >= 11 is 0. The average Bonchev–Trinajstić information content (AvgIpc) is 2.79. The minimum absolute atomic E-state index is 0.0260. The van der Waals surface area contributed by atoms with E-state index in [1.807, 2.05) is 30.3 Å². The summed E-state index contributed by atoms with van der Waals surface area (Å²) in [6.45, 7) is 5.12. The second-order valence-corrected chi connectivity index (χ2v) is 5.35. The van der Waals surface area contributed by atoms with Crippen molar-refractivity contribution in [2.75, 3.05) is 0 Å². The Hall–Kier alpha value is -2.21. The molecule has 0 radical (unpaired) electrons. The van der Waals surface area contributed by atoms with E-state index in [1.165, 1.54) is 4.68 Å². The predicted octanol–water partition coefficient (Wildman–Crippen LogP) is 1.56. The first kappa shape index (κ1) is 15.2. The SMILES string of the molecule is Cc1nc(C(C)(C)O)nn1CC(=O)OCc1ccccc1. The van der Waals surface area contributed by atoms with Crippen molar-refractivity contribution in [1.29, 1.82) is 0 Å².